The molecular weight excluding hydrogens is 196 g/mol. The van der Waals surface area contributed by atoms with Crippen LogP contribution in [0.25, 0.3) is 11.1 Å². The summed E-state index contributed by atoms with van der Waals surface area (Å²) in [5.74, 6) is 0. The molecule has 0 amide bonds. The highest BCUT2D eigenvalue weighted by Crippen LogP contribution is 2.38. The maximum atomic E-state index is 5.27. The zero-order valence-corrected chi connectivity index (χ0v) is 9.36. The second-order valence-corrected chi connectivity index (χ2v) is 4.22. The van der Waals surface area contributed by atoms with Crippen molar-refractivity contribution in [1.29, 1.82) is 0 Å². The fourth-order valence-electron chi connectivity index (χ4n) is 2.55. The van der Waals surface area contributed by atoms with Crippen molar-refractivity contribution in [1.82, 2.24) is 0 Å². The highest BCUT2D eigenvalue weighted by Gasteiger charge is 2.20. The van der Waals surface area contributed by atoms with Gasteiger partial charge in [0.25, 0.3) is 0 Å². The molecule has 80 valence electrons. The van der Waals surface area contributed by atoms with E-state index < -0.39 is 0 Å². The van der Waals surface area contributed by atoms with E-state index >= 15 is 0 Å². The van der Waals surface area contributed by atoms with Crippen molar-refractivity contribution in [3.05, 3.63) is 59.2 Å². The standard InChI is InChI=1S/C15H14O/c1-16-10-13-7-4-6-12-9-11-5-2-3-8-14(11)15(12)13/h2-8H,9-10H2,1H3. The van der Waals surface area contributed by atoms with E-state index in [1.807, 2.05) is 0 Å². The zero-order valence-electron chi connectivity index (χ0n) is 9.36. The van der Waals surface area contributed by atoms with Gasteiger partial charge in [-0.05, 0) is 34.2 Å². The first-order chi connectivity index (χ1) is 7.90. The molecule has 16 heavy (non-hydrogen) atoms. The van der Waals surface area contributed by atoms with E-state index in [1.165, 1.54) is 27.8 Å². The number of benzene rings is 2. The van der Waals surface area contributed by atoms with Crippen LogP contribution in [0.2, 0.25) is 0 Å². The van der Waals surface area contributed by atoms with Crippen LogP contribution in [0.15, 0.2) is 42.5 Å². The minimum Gasteiger partial charge on any atom is -0.380 e. The van der Waals surface area contributed by atoms with Crippen molar-refractivity contribution in [2.45, 2.75) is 13.0 Å². The monoisotopic (exact) mass is 210 g/mol. The molecule has 1 nitrogen and oxygen atoms in total. The molecule has 0 aromatic heterocycles. The van der Waals surface area contributed by atoms with Gasteiger partial charge in [-0.1, -0.05) is 42.5 Å². The zero-order chi connectivity index (χ0) is 11.0. The summed E-state index contributed by atoms with van der Waals surface area (Å²) in [7, 11) is 1.75. The first-order valence-corrected chi connectivity index (χ1v) is 5.58. The predicted octanol–water partition coefficient (Wildman–Crippen LogP) is 3.40. The summed E-state index contributed by atoms with van der Waals surface area (Å²) < 4.78 is 5.27. The predicted molar refractivity (Wildman–Crippen MR) is 65.4 cm³/mol. The molecule has 0 fully saturated rings. The van der Waals surface area contributed by atoms with Gasteiger partial charge in [0, 0.05) is 7.11 Å². The molecule has 0 spiro atoms. The molecule has 0 N–H and O–H groups in total. The molecule has 0 bridgehead atoms. The summed E-state index contributed by atoms with van der Waals surface area (Å²) >= 11 is 0. The van der Waals surface area contributed by atoms with Gasteiger partial charge in [-0.15, -0.1) is 0 Å². The Morgan fingerprint density at radius 3 is 2.69 bits per heavy atom. The molecule has 0 unspecified atom stereocenters. The third-order valence-electron chi connectivity index (χ3n) is 3.20. The van der Waals surface area contributed by atoms with Crippen LogP contribution in [0.4, 0.5) is 0 Å². The van der Waals surface area contributed by atoms with Gasteiger partial charge in [0.05, 0.1) is 6.61 Å². The van der Waals surface area contributed by atoms with Crippen molar-refractivity contribution < 1.29 is 4.74 Å². The van der Waals surface area contributed by atoms with Crippen LogP contribution in [-0.4, -0.2) is 7.11 Å². The van der Waals surface area contributed by atoms with Gasteiger partial charge in [0.2, 0.25) is 0 Å². The Kier molecular flexibility index (Phi) is 2.26. The summed E-state index contributed by atoms with van der Waals surface area (Å²) in [6, 6.07) is 15.1. The fourth-order valence-corrected chi connectivity index (χ4v) is 2.55. The van der Waals surface area contributed by atoms with Crippen LogP contribution in [0, 0.1) is 0 Å². The summed E-state index contributed by atoms with van der Waals surface area (Å²) in [5, 5.41) is 0. The minimum absolute atomic E-state index is 0.692. The van der Waals surface area contributed by atoms with Gasteiger partial charge >= 0.3 is 0 Å². The highest BCUT2D eigenvalue weighted by atomic mass is 16.5. The molecule has 0 heterocycles. The highest BCUT2D eigenvalue weighted by molar-refractivity contribution is 5.79. The number of hydrogen-bond acceptors (Lipinski definition) is 1. The third kappa shape index (κ3) is 1.36. The maximum Gasteiger partial charge on any atom is 0.0719 e. The largest absolute Gasteiger partial charge is 0.380 e. The molecule has 2 aromatic rings. The average Bonchev–Trinajstić information content (AvgIpc) is 2.68. The summed E-state index contributed by atoms with van der Waals surface area (Å²) in [5.41, 5.74) is 6.92. The van der Waals surface area contributed by atoms with Gasteiger partial charge in [-0.3, -0.25) is 0 Å². The maximum absolute atomic E-state index is 5.27. The van der Waals surface area contributed by atoms with Crippen LogP contribution >= 0.6 is 0 Å². The molecule has 0 aliphatic heterocycles. The van der Waals surface area contributed by atoms with E-state index in [0.29, 0.717) is 6.61 Å². The first kappa shape index (κ1) is 9.61. The van der Waals surface area contributed by atoms with E-state index in [2.05, 4.69) is 42.5 Å². The number of fused-ring (bicyclic) bond motifs is 3. The molecule has 1 heteroatoms. The summed E-state index contributed by atoms with van der Waals surface area (Å²) in [6.45, 7) is 0.692. The Morgan fingerprint density at radius 1 is 1.00 bits per heavy atom. The van der Waals surface area contributed by atoms with E-state index in [1.54, 1.807) is 7.11 Å². The lowest BCUT2D eigenvalue weighted by Crippen LogP contribution is -1.92. The first-order valence-electron chi connectivity index (χ1n) is 5.58. The van der Waals surface area contributed by atoms with Gasteiger partial charge in [-0.25, -0.2) is 0 Å². The van der Waals surface area contributed by atoms with E-state index in [-0.39, 0.29) is 0 Å². The summed E-state index contributed by atoms with van der Waals surface area (Å²) in [6.07, 6.45) is 1.06. The quantitative estimate of drug-likeness (QED) is 0.630. The number of ether oxygens (including phenoxy) is 1. The summed E-state index contributed by atoms with van der Waals surface area (Å²) in [4.78, 5) is 0. The van der Waals surface area contributed by atoms with Gasteiger partial charge in [-0.2, -0.15) is 0 Å². The van der Waals surface area contributed by atoms with E-state index in [0.717, 1.165) is 6.42 Å². The van der Waals surface area contributed by atoms with E-state index in [9.17, 15) is 0 Å². The molecule has 0 saturated heterocycles. The van der Waals surface area contributed by atoms with Crippen LogP contribution in [0.3, 0.4) is 0 Å². The van der Waals surface area contributed by atoms with Crippen molar-refractivity contribution in [3.63, 3.8) is 0 Å². The van der Waals surface area contributed by atoms with Crippen LogP contribution < -0.4 is 0 Å². The lowest BCUT2D eigenvalue weighted by molar-refractivity contribution is 0.185. The topological polar surface area (TPSA) is 9.23 Å². The molecule has 2 aromatic carbocycles. The Morgan fingerprint density at radius 2 is 1.81 bits per heavy atom. The minimum atomic E-state index is 0.692. The van der Waals surface area contributed by atoms with Crippen molar-refractivity contribution in [2.75, 3.05) is 7.11 Å². The normalized spacial score (nSPS) is 12.3. The van der Waals surface area contributed by atoms with Crippen LogP contribution in [0.5, 0.6) is 0 Å². The second kappa shape index (κ2) is 3.76. The van der Waals surface area contributed by atoms with Crippen molar-refractivity contribution >= 4 is 0 Å². The van der Waals surface area contributed by atoms with Gasteiger partial charge in [0.15, 0.2) is 0 Å². The molecule has 0 radical (unpaired) electrons. The molecule has 1 aliphatic rings. The van der Waals surface area contributed by atoms with Gasteiger partial charge in [0.1, 0.15) is 0 Å². The lowest BCUT2D eigenvalue weighted by atomic mass is 10.0. The number of rotatable bonds is 2. The van der Waals surface area contributed by atoms with Crippen LogP contribution in [0.1, 0.15) is 16.7 Å². The molecule has 0 saturated carbocycles. The van der Waals surface area contributed by atoms with Gasteiger partial charge < -0.3 is 4.74 Å². The molecular formula is C15H14O. The Hall–Kier alpha value is -1.60. The van der Waals surface area contributed by atoms with Crippen LogP contribution in [-0.2, 0) is 17.8 Å². The Labute approximate surface area is 95.7 Å². The smallest absolute Gasteiger partial charge is 0.0719 e. The van der Waals surface area contributed by atoms with E-state index in [4.69, 9.17) is 4.74 Å². The Balaban J connectivity index is 2.21. The van der Waals surface area contributed by atoms with Crippen molar-refractivity contribution in [3.8, 4) is 11.1 Å². The average molecular weight is 210 g/mol. The number of methoxy groups -OCH3 is 1. The van der Waals surface area contributed by atoms with Crippen molar-refractivity contribution in [2.24, 2.45) is 0 Å². The third-order valence-corrected chi connectivity index (χ3v) is 3.20. The lowest BCUT2D eigenvalue weighted by Gasteiger charge is -2.08. The second-order valence-electron chi connectivity index (χ2n) is 4.22. The molecule has 3 rings (SSSR count). The molecule has 0 atom stereocenters. The molecule has 1 aliphatic carbocycles. The SMILES string of the molecule is COCc1cccc2c1-c1ccccc1C2. The number of hydrogen-bond donors (Lipinski definition) is 0. The Bertz CT molecular complexity index is 529. The fraction of sp³-hybridized carbons (Fsp3) is 0.200.